The van der Waals surface area contributed by atoms with Crippen molar-refractivity contribution in [2.24, 2.45) is 0 Å². The first kappa shape index (κ1) is 14.3. The summed E-state index contributed by atoms with van der Waals surface area (Å²) in [7, 11) is 0. The van der Waals surface area contributed by atoms with Crippen LogP contribution in [0, 0.1) is 0 Å². The number of hydrogen-bond donors (Lipinski definition) is 1. The standard InChI is InChI=1S/C14H23ClN2/c1-5-17(6-2)14-12(10-16-11(3)4)8-7-9-13(14)15/h7-9,11,16H,5-6,10H2,1-4H3. The van der Waals surface area contributed by atoms with E-state index in [2.05, 4.69) is 44.0 Å². The van der Waals surface area contributed by atoms with Gasteiger partial charge in [0.1, 0.15) is 0 Å². The smallest absolute Gasteiger partial charge is 0.0642 e. The SMILES string of the molecule is CCN(CC)c1c(Cl)cccc1CNC(C)C. The van der Waals surface area contributed by atoms with Crippen molar-refractivity contribution in [3.63, 3.8) is 0 Å². The molecule has 0 fully saturated rings. The minimum atomic E-state index is 0.485. The molecule has 3 heteroatoms. The van der Waals surface area contributed by atoms with Crippen molar-refractivity contribution in [3.8, 4) is 0 Å². The van der Waals surface area contributed by atoms with Crippen LogP contribution in [-0.4, -0.2) is 19.1 Å². The molecule has 0 saturated carbocycles. The van der Waals surface area contributed by atoms with Crippen molar-refractivity contribution in [3.05, 3.63) is 28.8 Å². The number of nitrogens with zero attached hydrogens (tertiary/aromatic N) is 1. The average molecular weight is 255 g/mol. The molecule has 96 valence electrons. The van der Waals surface area contributed by atoms with Crippen LogP contribution in [-0.2, 0) is 6.54 Å². The highest BCUT2D eigenvalue weighted by atomic mass is 35.5. The Bertz CT molecular complexity index is 346. The fourth-order valence-electron chi connectivity index (χ4n) is 1.91. The van der Waals surface area contributed by atoms with E-state index in [-0.39, 0.29) is 0 Å². The third-order valence-electron chi connectivity index (χ3n) is 2.85. The van der Waals surface area contributed by atoms with E-state index in [1.54, 1.807) is 0 Å². The summed E-state index contributed by atoms with van der Waals surface area (Å²) in [6.07, 6.45) is 0. The van der Waals surface area contributed by atoms with E-state index in [1.807, 2.05) is 12.1 Å². The second-order valence-corrected chi connectivity index (χ2v) is 4.86. The molecule has 1 rings (SSSR count). The van der Waals surface area contributed by atoms with Crippen LogP contribution in [0.25, 0.3) is 0 Å². The molecule has 0 aliphatic carbocycles. The van der Waals surface area contributed by atoms with Crippen LogP contribution < -0.4 is 10.2 Å². The van der Waals surface area contributed by atoms with E-state index < -0.39 is 0 Å². The zero-order chi connectivity index (χ0) is 12.8. The highest BCUT2D eigenvalue weighted by molar-refractivity contribution is 6.33. The molecule has 0 heterocycles. The summed E-state index contributed by atoms with van der Waals surface area (Å²) in [6, 6.07) is 6.62. The van der Waals surface area contributed by atoms with Crippen molar-refractivity contribution in [2.75, 3.05) is 18.0 Å². The fraction of sp³-hybridized carbons (Fsp3) is 0.571. The molecule has 0 spiro atoms. The Hall–Kier alpha value is -0.730. The molecule has 0 amide bonds. The van der Waals surface area contributed by atoms with Gasteiger partial charge >= 0.3 is 0 Å². The second kappa shape index (κ2) is 6.87. The molecule has 1 aromatic rings. The number of benzene rings is 1. The van der Waals surface area contributed by atoms with E-state index in [0.717, 1.165) is 24.7 Å². The Balaban J connectivity index is 2.99. The second-order valence-electron chi connectivity index (χ2n) is 4.46. The van der Waals surface area contributed by atoms with Gasteiger partial charge in [0, 0.05) is 25.7 Å². The Morgan fingerprint density at radius 1 is 1.24 bits per heavy atom. The lowest BCUT2D eigenvalue weighted by molar-refractivity contribution is 0.588. The summed E-state index contributed by atoms with van der Waals surface area (Å²) in [4.78, 5) is 2.31. The van der Waals surface area contributed by atoms with Gasteiger partial charge in [-0.15, -0.1) is 0 Å². The van der Waals surface area contributed by atoms with Crippen molar-refractivity contribution in [2.45, 2.75) is 40.3 Å². The summed E-state index contributed by atoms with van der Waals surface area (Å²) in [5.41, 5.74) is 2.45. The van der Waals surface area contributed by atoms with Gasteiger partial charge in [-0.3, -0.25) is 0 Å². The number of para-hydroxylation sites is 1. The molecule has 0 aliphatic rings. The highest BCUT2D eigenvalue weighted by Crippen LogP contribution is 2.29. The van der Waals surface area contributed by atoms with E-state index in [4.69, 9.17) is 11.6 Å². The van der Waals surface area contributed by atoms with Gasteiger partial charge in [-0.25, -0.2) is 0 Å². The maximum atomic E-state index is 6.33. The van der Waals surface area contributed by atoms with Crippen molar-refractivity contribution in [1.82, 2.24) is 5.32 Å². The van der Waals surface area contributed by atoms with Crippen LogP contribution in [0.4, 0.5) is 5.69 Å². The minimum absolute atomic E-state index is 0.485. The van der Waals surface area contributed by atoms with Crippen molar-refractivity contribution < 1.29 is 0 Å². The van der Waals surface area contributed by atoms with Crippen LogP contribution in [0.15, 0.2) is 18.2 Å². The monoisotopic (exact) mass is 254 g/mol. The zero-order valence-electron chi connectivity index (χ0n) is 11.3. The molecule has 0 atom stereocenters. The summed E-state index contributed by atoms with van der Waals surface area (Å²) in [6.45, 7) is 11.5. The van der Waals surface area contributed by atoms with Crippen molar-refractivity contribution >= 4 is 17.3 Å². The molecule has 0 saturated heterocycles. The first-order valence-corrected chi connectivity index (χ1v) is 6.73. The molecule has 2 nitrogen and oxygen atoms in total. The van der Waals surface area contributed by atoms with Gasteiger partial charge in [0.05, 0.1) is 10.7 Å². The molecule has 0 radical (unpaired) electrons. The molecular weight excluding hydrogens is 232 g/mol. The molecule has 17 heavy (non-hydrogen) atoms. The largest absolute Gasteiger partial charge is 0.371 e. The van der Waals surface area contributed by atoms with Crippen molar-refractivity contribution in [1.29, 1.82) is 0 Å². The maximum absolute atomic E-state index is 6.33. The average Bonchev–Trinajstić information content (AvgIpc) is 2.30. The Morgan fingerprint density at radius 3 is 2.41 bits per heavy atom. The quantitative estimate of drug-likeness (QED) is 0.833. The van der Waals surface area contributed by atoms with Gasteiger partial charge in [-0.05, 0) is 25.5 Å². The fourth-order valence-corrected chi connectivity index (χ4v) is 2.22. The third kappa shape index (κ3) is 3.90. The van der Waals surface area contributed by atoms with Crippen LogP contribution in [0.1, 0.15) is 33.3 Å². The number of rotatable bonds is 6. The van der Waals surface area contributed by atoms with Gasteiger partial charge in [0.25, 0.3) is 0 Å². The van der Waals surface area contributed by atoms with E-state index in [1.165, 1.54) is 11.3 Å². The van der Waals surface area contributed by atoms with E-state index in [9.17, 15) is 0 Å². The molecule has 0 aromatic heterocycles. The normalized spacial score (nSPS) is 10.9. The lowest BCUT2D eigenvalue weighted by Gasteiger charge is -2.26. The van der Waals surface area contributed by atoms with Crippen LogP contribution >= 0.6 is 11.6 Å². The summed E-state index contributed by atoms with van der Waals surface area (Å²) in [5.74, 6) is 0. The van der Waals surface area contributed by atoms with Gasteiger partial charge in [0.15, 0.2) is 0 Å². The lowest BCUT2D eigenvalue weighted by Crippen LogP contribution is -2.27. The number of anilines is 1. The number of hydrogen-bond acceptors (Lipinski definition) is 2. The zero-order valence-corrected chi connectivity index (χ0v) is 12.0. The van der Waals surface area contributed by atoms with Gasteiger partial charge in [-0.2, -0.15) is 0 Å². The highest BCUT2D eigenvalue weighted by Gasteiger charge is 2.12. The molecule has 0 unspecified atom stereocenters. The number of halogens is 1. The number of nitrogens with one attached hydrogen (secondary N) is 1. The topological polar surface area (TPSA) is 15.3 Å². The van der Waals surface area contributed by atoms with Gasteiger partial charge < -0.3 is 10.2 Å². The predicted octanol–water partition coefficient (Wildman–Crippen LogP) is 3.68. The van der Waals surface area contributed by atoms with Crippen LogP contribution in [0.3, 0.4) is 0 Å². The Labute approximate surface area is 110 Å². The molecular formula is C14H23ClN2. The predicted molar refractivity (Wildman–Crippen MR) is 77.0 cm³/mol. The maximum Gasteiger partial charge on any atom is 0.0642 e. The molecule has 1 N–H and O–H groups in total. The summed E-state index contributed by atoms with van der Waals surface area (Å²) < 4.78 is 0. The third-order valence-corrected chi connectivity index (χ3v) is 3.16. The van der Waals surface area contributed by atoms with Gasteiger partial charge in [-0.1, -0.05) is 37.6 Å². The Kier molecular flexibility index (Phi) is 5.79. The first-order chi connectivity index (χ1) is 8.10. The molecule has 1 aromatic carbocycles. The van der Waals surface area contributed by atoms with Crippen LogP contribution in [0.5, 0.6) is 0 Å². The Morgan fingerprint density at radius 2 is 1.88 bits per heavy atom. The molecule has 0 bridgehead atoms. The molecule has 0 aliphatic heterocycles. The minimum Gasteiger partial charge on any atom is -0.371 e. The lowest BCUT2D eigenvalue weighted by atomic mass is 10.1. The van der Waals surface area contributed by atoms with E-state index in [0.29, 0.717) is 6.04 Å². The van der Waals surface area contributed by atoms with Crippen LogP contribution in [0.2, 0.25) is 5.02 Å². The van der Waals surface area contributed by atoms with E-state index >= 15 is 0 Å². The first-order valence-electron chi connectivity index (χ1n) is 6.35. The van der Waals surface area contributed by atoms with Gasteiger partial charge in [0.2, 0.25) is 0 Å². The summed E-state index contributed by atoms with van der Waals surface area (Å²) >= 11 is 6.33. The summed E-state index contributed by atoms with van der Waals surface area (Å²) in [5, 5.41) is 4.29.